The van der Waals surface area contributed by atoms with Gasteiger partial charge in [0.2, 0.25) is 0 Å². The van der Waals surface area contributed by atoms with Crippen LogP contribution in [-0.2, 0) is 41.8 Å². The second-order valence-corrected chi connectivity index (χ2v) is 12.4. The Bertz CT molecular complexity index is 867. The molecule has 1 heterocycles. The fourth-order valence-electron chi connectivity index (χ4n) is 5.58. The molecule has 1 saturated heterocycles. The molecule has 0 amide bonds. The minimum Gasteiger partial charge on any atom is -0.461 e. The highest BCUT2D eigenvalue weighted by Gasteiger charge is 2.15. The molecule has 7 heteroatoms. The van der Waals surface area contributed by atoms with Crippen molar-refractivity contribution in [2.24, 2.45) is 0 Å². The zero-order valence-corrected chi connectivity index (χ0v) is 28.1. The molecule has 7 nitrogen and oxygen atoms in total. The molecule has 0 N–H and O–H groups in total. The molecular weight excluding hydrogens is 554 g/mol. The van der Waals surface area contributed by atoms with E-state index in [0.717, 1.165) is 68.4 Å². The van der Waals surface area contributed by atoms with Gasteiger partial charge in [-0.2, -0.15) is 0 Å². The highest BCUT2D eigenvalue weighted by molar-refractivity contribution is 5.69. The number of carbonyl (C=O) groups is 2. The van der Waals surface area contributed by atoms with Crippen molar-refractivity contribution in [2.75, 3.05) is 32.8 Å². The second kappa shape index (κ2) is 25.3. The van der Waals surface area contributed by atoms with E-state index < -0.39 is 0 Å². The second-order valence-electron chi connectivity index (χ2n) is 12.4. The number of ether oxygens (including phenoxy) is 4. The number of benzene rings is 1. The summed E-state index contributed by atoms with van der Waals surface area (Å²) >= 11 is 0. The molecule has 0 bridgehead atoms. The molecule has 0 saturated carbocycles. The maximum atomic E-state index is 12.6. The molecular formula is C37H62NO6. The van der Waals surface area contributed by atoms with Crippen molar-refractivity contribution in [3.05, 3.63) is 41.8 Å². The van der Waals surface area contributed by atoms with E-state index in [2.05, 4.69) is 25.7 Å². The van der Waals surface area contributed by atoms with Gasteiger partial charge in [0, 0.05) is 26.1 Å². The van der Waals surface area contributed by atoms with Crippen LogP contribution in [0.25, 0.3) is 0 Å². The number of carbonyl (C=O) groups excluding carboxylic acids is 2. The standard InChI is InChI=1S/C37H62NO6/c1-4-6-8-10-12-16-25-41-37(42-26-17-13-11-9-7-5-2)21-20-36(40)44-31-34-28-32(3)27-33(29-34)30-43-35(39)19-18-24-38-22-14-15-23-38/h27-29,37H,3-26,30-31H2,1-2H3. The molecule has 1 fully saturated rings. The Kier molecular flexibility index (Phi) is 21.9. The lowest BCUT2D eigenvalue weighted by molar-refractivity contribution is -0.160. The third-order valence-electron chi connectivity index (χ3n) is 8.15. The van der Waals surface area contributed by atoms with E-state index in [0.29, 0.717) is 26.1 Å². The SMILES string of the molecule is [CH2]c1cc(COC(=O)CCCN2CCCC2)cc(COC(=O)CCC(OCCCCCCCC)OCCCCCCCC)c1. The predicted molar refractivity (Wildman–Crippen MR) is 177 cm³/mol. The van der Waals surface area contributed by atoms with Gasteiger partial charge in [-0.3, -0.25) is 9.59 Å². The summed E-state index contributed by atoms with van der Waals surface area (Å²) in [6.07, 6.45) is 18.6. The molecule has 0 aromatic heterocycles. The molecule has 2 rings (SSSR count). The number of likely N-dealkylation sites (tertiary alicyclic amines) is 1. The van der Waals surface area contributed by atoms with Gasteiger partial charge in [-0.25, -0.2) is 0 Å². The maximum Gasteiger partial charge on any atom is 0.306 e. The number of nitrogens with zero attached hydrogens (tertiary/aromatic N) is 1. The first kappa shape index (κ1) is 38.2. The van der Waals surface area contributed by atoms with Crippen molar-refractivity contribution < 1.29 is 28.5 Å². The van der Waals surface area contributed by atoms with Crippen LogP contribution in [0.1, 0.15) is 146 Å². The zero-order chi connectivity index (χ0) is 31.7. The number of unbranched alkanes of at least 4 members (excludes halogenated alkanes) is 10. The van der Waals surface area contributed by atoms with Crippen molar-refractivity contribution in [3.63, 3.8) is 0 Å². The van der Waals surface area contributed by atoms with Gasteiger partial charge in [-0.15, -0.1) is 0 Å². The molecule has 1 aliphatic heterocycles. The van der Waals surface area contributed by atoms with Crippen LogP contribution in [0.15, 0.2) is 18.2 Å². The van der Waals surface area contributed by atoms with Gasteiger partial charge in [0.25, 0.3) is 0 Å². The molecule has 0 atom stereocenters. The molecule has 44 heavy (non-hydrogen) atoms. The van der Waals surface area contributed by atoms with Gasteiger partial charge < -0.3 is 23.8 Å². The number of hydrogen-bond donors (Lipinski definition) is 0. The zero-order valence-electron chi connectivity index (χ0n) is 28.1. The minimum absolute atomic E-state index is 0.154. The van der Waals surface area contributed by atoms with E-state index in [1.54, 1.807) is 0 Å². The lowest BCUT2D eigenvalue weighted by Gasteiger charge is -2.18. The van der Waals surface area contributed by atoms with Crippen molar-refractivity contribution in [2.45, 2.75) is 149 Å². The van der Waals surface area contributed by atoms with E-state index in [9.17, 15) is 9.59 Å². The minimum atomic E-state index is -0.381. The van der Waals surface area contributed by atoms with Crippen LogP contribution < -0.4 is 0 Å². The van der Waals surface area contributed by atoms with Gasteiger partial charge in [-0.1, -0.05) is 90.2 Å². The summed E-state index contributed by atoms with van der Waals surface area (Å²) in [5.74, 6) is -0.458. The normalized spacial score (nSPS) is 13.5. The first-order valence-electron chi connectivity index (χ1n) is 17.7. The van der Waals surface area contributed by atoms with Crippen molar-refractivity contribution in [1.29, 1.82) is 0 Å². The molecule has 1 radical (unpaired) electrons. The van der Waals surface area contributed by atoms with Crippen LogP contribution in [0.5, 0.6) is 0 Å². The van der Waals surface area contributed by atoms with Gasteiger partial charge >= 0.3 is 11.9 Å². The molecule has 0 spiro atoms. The Morgan fingerprint density at radius 1 is 0.705 bits per heavy atom. The fraction of sp³-hybridized carbons (Fsp3) is 0.757. The molecule has 0 aliphatic carbocycles. The summed E-state index contributed by atoms with van der Waals surface area (Å²) in [5, 5.41) is 0. The topological polar surface area (TPSA) is 74.3 Å². The van der Waals surface area contributed by atoms with E-state index >= 15 is 0 Å². The lowest BCUT2D eigenvalue weighted by Crippen LogP contribution is -2.21. The van der Waals surface area contributed by atoms with Crippen LogP contribution in [0, 0.1) is 6.92 Å². The quantitative estimate of drug-likeness (QED) is 0.0556. The molecule has 1 aromatic carbocycles. The van der Waals surface area contributed by atoms with Crippen LogP contribution >= 0.6 is 0 Å². The van der Waals surface area contributed by atoms with Crippen molar-refractivity contribution >= 4 is 11.9 Å². The number of rotatable bonds is 27. The largest absolute Gasteiger partial charge is 0.461 e. The Morgan fingerprint density at radius 3 is 1.75 bits per heavy atom. The predicted octanol–water partition coefficient (Wildman–Crippen LogP) is 8.69. The lowest BCUT2D eigenvalue weighted by atomic mass is 10.1. The maximum absolute atomic E-state index is 12.6. The van der Waals surface area contributed by atoms with Gasteiger partial charge in [-0.05, 0) is 81.4 Å². The summed E-state index contributed by atoms with van der Waals surface area (Å²) in [5.41, 5.74) is 2.48. The average molecular weight is 617 g/mol. The van der Waals surface area contributed by atoms with Crippen LogP contribution in [0.3, 0.4) is 0 Å². The van der Waals surface area contributed by atoms with Crippen LogP contribution in [0.2, 0.25) is 0 Å². The monoisotopic (exact) mass is 616 g/mol. The molecule has 1 aromatic rings. The van der Waals surface area contributed by atoms with Crippen molar-refractivity contribution in [3.8, 4) is 0 Å². The summed E-state index contributed by atoms with van der Waals surface area (Å²) in [6.45, 7) is 13.4. The first-order chi connectivity index (χ1) is 21.5. The smallest absolute Gasteiger partial charge is 0.306 e. The molecule has 1 aliphatic rings. The van der Waals surface area contributed by atoms with Gasteiger partial charge in [0.15, 0.2) is 6.29 Å². The van der Waals surface area contributed by atoms with Crippen LogP contribution in [-0.4, -0.2) is 56.0 Å². The van der Waals surface area contributed by atoms with Crippen molar-refractivity contribution in [1.82, 2.24) is 4.90 Å². The highest BCUT2D eigenvalue weighted by Crippen LogP contribution is 2.16. The Balaban J connectivity index is 1.70. The highest BCUT2D eigenvalue weighted by atomic mass is 16.7. The Labute approximate surface area is 268 Å². The molecule has 0 unspecified atom stereocenters. The van der Waals surface area contributed by atoms with Crippen LogP contribution in [0.4, 0.5) is 0 Å². The van der Waals surface area contributed by atoms with E-state index in [1.165, 1.54) is 64.2 Å². The molecule has 251 valence electrons. The van der Waals surface area contributed by atoms with E-state index in [4.69, 9.17) is 18.9 Å². The van der Waals surface area contributed by atoms with Gasteiger partial charge in [0.05, 0.1) is 6.42 Å². The Morgan fingerprint density at radius 2 is 1.20 bits per heavy atom. The number of hydrogen-bond acceptors (Lipinski definition) is 7. The van der Waals surface area contributed by atoms with E-state index in [1.807, 2.05) is 18.2 Å². The third-order valence-corrected chi connectivity index (χ3v) is 8.15. The third kappa shape index (κ3) is 19.4. The summed E-state index contributed by atoms with van der Waals surface area (Å²) < 4.78 is 23.2. The average Bonchev–Trinajstić information content (AvgIpc) is 3.53. The summed E-state index contributed by atoms with van der Waals surface area (Å²) in [6, 6.07) is 5.70. The Hall–Kier alpha value is -1.96. The van der Waals surface area contributed by atoms with E-state index in [-0.39, 0.29) is 37.9 Å². The van der Waals surface area contributed by atoms with Gasteiger partial charge in [0.1, 0.15) is 13.2 Å². The first-order valence-corrected chi connectivity index (χ1v) is 17.7. The number of esters is 2. The fourth-order valence-corrected chi connectivity index (χ4v) is 5.58. The summed E-state index contributed by atoms with van der Waals surface area (Å²) in [7, 11) is 0. The summed E-state index contributed by atoms with van der Waals surface area (Å²) in [4.78, 5) is 27.3.